The summed E-state index contributed by atoms with van der Waals surface area (Å²) in [4.78, 5) is 22.6. The number of carboxylic acid groups (broad SMARTS) is 2. The highest BCUT2D eigenvalue weighted by Gasteiger charge is 2.01. The zero-order valence-electron chi connectivity index (χ0n) is 11.9. The van der Waals surface area contributed by atoms with Crippen molar-refractivity contribution in [3.8, 4) is 0 Å². The summed E-state index contributed by atoms with van der Waals surface area (Å²) >= 11 is 0. The van der Waals surface area contributed by atoms with Crippen LogP contribution in [0.2, 0.25) is 0 Å². The van der Waals surface area contributed by atoms with Gasteiger partial charge in [-0.05, 0) is 36.4 Å². The molecule has 2 aromatic carbocycles. The van der Waals surface area contributed by atoms with Gasteiger partial charge in [0.15, 0.2) is 0 Å². The number of hydrogen-bond acceptors (Lipinski definition) is 3. The first kappa shape index (κ1) is 16.2. The molecule has 0 radical (unpaired) electrons. The third-order valence-electron chi connectivity index (χ3n) is 2.65. The van der Waals surface area contributed by atoms with E-state index in [0.29, 0.717) is 11.1 Å². The van der Waals surface area contributed by atoms with Gasteiger partial charge in [0, 0.05) is 19.8 Å². The van der Waals surface area contributed by atoms with Crippen LogP contribution in [0.3, 0.4) is 0 Å². The molecule has 5 heteroatoms. The number of carboxylic acids is 2. The Bertz CT molecular complexity index is 591. The average molecular weight is 287 g/mol. The highest BCUT2D eigenvalue weighted by atomic mass is 16.4. The monoisotopic (exact) mass is 287 g/mol. The molecular weight excluding hydrogens is 270 g/mol. The standard InChI is InChI=1S/C9H11NO2.C7H6O2/c1-10(2)8-5-3-7(4-6-8)9(11)12;8-7(9)6-4-2-1-3-5-6/h3-6H,1-2H3,(H,11,12);1-5H,(H,8,9). The number of benzene rings is 2. The Morgan fingerprint density at radius 1 is 0.762 bits per heavy atom. The van der Waals surface area contributed by atoms with E-state index in [-0.39, 0.29) is 0 Å². The lowest BCUT2D eigenvalue weighted by atomic mass is 10.2. The molecule has 21 heavy (non-hydrogen) atoms. The Morgan fingerprint density at radius 3 is 1.52 bits per heavy atom. The topological polar surface area (TPSA) is 77.8 Å². The molecule has 5 nitrogen and oxygen atoms in total. The second-order valence-electron chi connectivity index (χ2n) is 4.42. The molecule has 0 atom stereocenters. The van der Waals surface area contributed by atoms with Crippen LogP contribution < -0.4 is 4.90 Å². The van der Waals surface area contributed by atoms with Crippen molar-refractivity contribution in [1.82, 2.24) is 0 Å². The minimum Gasteiger partial charge on any atom is -0.478 e. The first-order chi connectivity index (χ1) is 9.91. The van der Waals surface area contributed by atoms with Gasteiger partial charge in [-0.15, -0.1) is 0 Å². The summed E-state index contributed by atoms with van der Waals surface area (Å²) in [5, 5.41) is 17.0. The second-order valence-corrected chi connectivity index (χ2v) is 4.42. The lowest BCUT2D eigenvalue weighted by molar-refractivity contribution is 0.0686. The van der Waals surface area contributed by atoms with Crippen molar-refractivity contribution in [3.05, 3.63) is 65.7 Å². The molecule has 0 saturated heterocycles. The molecule has 0 unspecified atom stereocenters. The van der Waals surface area contributed by atoms with Crippen molar-refractivity contribution >= 4 is 17.6 Å². The van der Waals surface area contributed by atoms with Crippen LogP contribution in [-0.4, -0.2) is 36.2 Å². The molecule has 0 saturated carbocycles. The SMILES string of the molecule is CN(C)c1ccc(C(=O)O)cc1.O=C(O)c1ccccc1. The van der Waals surface area contributed by atoms with Crippen LogP contribution in [0.5, 0.6) is 0 Å². The molecule has 0 fully saturated rings. The summed E-state index contributed by atoms with van der Waals surface area (Å²) in [5.74, 6) is -1.77. The lowest BCUT2D eigenvalue weighted by Gasteiger charge is -2.11. The smallest absolute Gasteiger partial charge is 0.335 e. The predicted octanol–water partition coefficient (Wildman–Crippen LogP) is 2.84. The second kappa shape index (κ2) is 7.69. The number of carbonyl (C=O) groups is 2. The van der Waals surface area contributed by atoms with Crippen molar-refractivity contribution in [3.63, 3.8) is 0 Å². The van der Waals surface area contributed by atoms with Gasteiger partial charge in [0.1, 0.15) is 0 Å². The zero-order chi connectivity index (χ0) is 15.8. The van der Waals surface area contributed by atoms with Gasteiger partial charge >= 0.3 is 11.9 Å². The molecule has 0 aromatic heterocycles. The van der Waals surface area contributed by atoms with Crippen LogP contribution in [0.1, 0.15) is 20.7 Å². The maximum absolute atomic E-state index is 10.5. The number of rotatable bonds is 3. The van der Waals surface area contributed by atoms with Gasteiger partial charge in [-0.3, -0.25) is 0 Å². The molecule has 0 spiro atoms. The Labute approximate surface area is 123 Å². The van der Waals surface area contributed by atoms with E-state index >= 15 is 0 Å². The van der Waals surface area contributed by atoms with Crippen molar-refractivity contribution in [1.29, 1.82) is 0 Å². The summed E-state index contributed by atoms with van der Waals surface area (Å²) < 4.78 is 0. The third-order valence-corrected chi connectivity index (χ3v) is 2.65. The first-order valence-corrected chi connectivity index (χ1v) is 6.21. The quantitative estimate of drug-likeness (QED) is 0.907. The van der Waals surface area contributed by atoms with Gasteiger partial charge in [-0.25, -0.2) is 9.59 Å². The van der Waals surface area contributed by atoms with Gasteiger partial charge in [-0.2, -0.15) is 0 Å². The number of hydrogen-bond donors (Lipinski definition) is 2. The summed E-state index contributed by atoms with van der Waals surface area (Å²) in [6, 6.07) is 15.0. The molecule has 0 heterocycles. The lowest BCUT2D eigenvalue weighted by Crippen LogP contribution is -2.08. The minimum atomic E-state index is -0.889. The molecule has 2 rings (SSSR count). The fourth-order valence-electron chi connectivity index (χ4n) is 1.48. The van der Waals surface area contributed by atoms with Crippen molar-refractivity contribution in [2.45, 2.75) is 0 Å². The summed E-state index contributed by atoms with van der Waals surface area (Å²) in [5.41, 5.74) is 1.65. The molecule has 0 aliphatic carbocycles. The minimum absolute atomic E-state index is 0.320. The number of nitrogens with zero attached hydrogens (tertiary/aromatic N) is 1. The van der Waals surface area contributed by atoms with E-state index in [4.69, 9.17) is 10.2 Å². The number of anilines is 1. The molecule has 0 bridgehead atoms. The Morgan fingerprint density at radius 2 is 1.19 bits per heavy atom. The maximum atomic E-state index is 10.5. The van der Waals surface area contributed by atoms with Gasteiger partial charge in [0.25, 0.3) is 0 Å². The van der Waals surface area contributed by atoms with Crippen molar-refractivity contribution < 1.29 is 19.8 Å². The molecule has 0 amide bonds. The van der Waals surface area contributed by atoms with E-state index in [0.717, 1.165) is 5.69 Å². The van der Waals surface area contributed by atoms with Crippen LogP contribution in [0.4, 0.5) is 5.69 Å². The highest BCUT2D eigenvalue weighted by molar-refractivity contribution is 5.88. The Balaban J connectivity index is 0.000000219. The van der Waals surface area contributed by atoms with Crippen LogP contribution >= 0.6 is 0 Å². The van der Waals surface area contributed by atoms with Gasteiger partial charge in [-0.1, -0.05) is 18.2 Å². The van der Waals surface area contributed by atoms with Gasteiger partial charge < -0.3 is 15.1 Å². The fraction of sp³-hybridized carbons (Fsp3) is 0.125. The normalized spacial score (nSPS) is 9.24. The van der Waals surface area contributed by atoms with E-state index in [1.807, 2.05) is 19.0 Å². The van der Waals surface area contributed by atoms with E-state index in [1.165, 1.54) is 0 Å². The van der Waals surface area contributed by atoms with E-state index in [1.54, 1.807) is 54.6 Å². The summed E-state index contributed by atoms with van der Waals surface area (Å²) in [6.07, 6.45) is 0. The van der Waals surface area contributed by atoms with Gasteiger partial charge in [0.05, 0.1) is 11.1 Å². The van der Waals surface area contributed by atoms with Crippen LogP contribution in [-0.2, 0) is 0 Å². The molecular formula is C16H17NO4. The number of aromatic carboxylic acids is 2. The Hall–Kier alpha value is -2.82. The molecule has 110 valence electrons. The van der Waals surface area contributed by atoms with Crippen molar-refractivity contribution in [2.75, 3.05) is 19.0 Å². The first-order valence-electron chi connectivity index (χ1n) is 6.21. The maximum Gasteiger partial charge on any atom is 0.335 e. The van der Waals surface area contributed by atoms with E-state index in [2.05, 4.69) is 0 Å². The highest BCUT2D eigenvalue weighted by Crippen LogP contribution is 2.11. The van der Waals surface area contributed by atoms with Crippen LogP contribution in [0, 0.1) is 0 Å². The fourth-order valence-corrected chi connectivity index (χ4v) is 1.48. The van der Waals surface area contributed by atoms with Crippen molar-refractivity contribution in [2.24, 2.45) is 0 Å². The summed E-state index contributed by atoms with van der Waals surface area (Å²) in [7, 11) is 3.82. The average Bonchev–Trinajstić information content (AvgIpc) is 2.49. The van der Waals surface area contributed by atoms with E-state index < -0.39 is 11.9 Å². The summed E-state index contributed by atoms with van der Waals surface area (Å²) in [6.45, 7) is 0. The molecule has 2 N–H and O–H groups in total. The van der Waals surface area contributed by atoms with Gasteiger partial charge in [0.2, 0.25) is 0 Å². The largest absolute Gasteiger partial charge is 0.478 e. The molecule has 2 aromatic rings. The zero-order valence-corrected chi connectivity index (χ0v) is 11.9. The molecule has 0 aliphatic heterocycles. The Kier molecular flexibility index (Phi) is 5.95. The van der Waals surface area contributed by atoms with E-state index in [9.17, 15) is 9.59 Å². The molecule has 0 aliphatic rings. The predicted molar refractivity (Wildman–Crippen MR) is 81.1 cm³/mol. The third kappa shape index (κ3) is 5.36. The van der Waals surface area contributed by atoms with Crippen LogP contribution in [0.15, 0.2) is 54.6 Å². The van der Waals surface area contributed by atoms with Crippen LogP contribution in [0.25, 0.3) is 0 Å².